The van der Waals surface area contributed by atoms with Crippen LogP contribution in [0.3, 0.4) is 0 Å². The maximum atomic E-state index is 11.5. The van der Waals surface area contributed by atoms with Gasteiger partial charge in [0, 0.05) is 12.0 Å². The fourth-order valence-electron chi connectivity index (χ4n) is 3.75. The van der Waals surface area contributed by atoms with Crippen LogP contribution in [0.2, 0.25) is 0 Å². The summed E-state index contributed by atoms with van der Waals surface area (Å²) in [7, 11) is 1.64. The molecule has 1 atom stereocenters. The normalized spacial score (nSPS) is 18.0. The minimum atomic E-state index is -1.22. The molecule has 0 amide bonds. The maximum absolute atomic E-state index is 11.5. The first-order valence-electron chi connectivity index (χ1n) is 9.54. The fourth-order valence-corrected chi connectivity index (χ4v) is 3.75. The summed E-state index contributed by atoms with van der Waals surface area (Å²) in [4.78, 5) is 11.5. The number of carbonyl (C=O) groups is 1. The molecule has 0 aliphatic heterocycles. The van der Waals surface area contributed by atoms with Crippen molar-refractivity contribution in [3.63, 3.8) is 0 Å². The van der Waals surface area contributed by atoms with Crippen LogP contribution in [0.15, 0.2) is 66.7 Å². The highest BCUT2D eigenvalue weighted by molar-refractivity contribution is 5.79. The van der Waals surface area contributed by atoms with Crippen LogP contribution in [0.25, 0.3) is 11.1 Å². The molecule has 0 radical (unpaired) electrons. The number of aliphatic carboxylic acids is 1. The first-order valence-corrected chi connectivity index (χ1v) is 9.54. The third-order valence-corrected chi connectivity index (χ3v) is 5.45. The summed E-state index contributed by atoms with van der Waals surface area (Å²) in [5.74, 6) is 1.19. The number of carboxylic acids is 1. The number of hydrogen-bond donors (Lipinski definition) is 2. The van der Waals surface area contributed by atoms with E-state index >= 15 is 0 Å². The smallest absolute Gasteiger partial charge is 0.324 e. The molecule has 148 valence electrons. The Labute approximate surface area is 169 Å². The molecule has 4 rings (SSSR count). The van der Waals surface area contributed by atoms with E-state index in [1.807, 2.05) is 66.7 Å². The molecule has 1 aliphatic rings. The molecule has 5 nitrogen and oxygen atoms in total. The van der Waals surface area contributed by atoms with Gasteiger partial charge in [-0.05, 0) is 59.9 Å². The number of rotatable bonds is 5. The van der Waals surface area contributed by atoms with Gasteiger partial charge >= 0.3 is 5.97 Å². The molecular weight excluding hydrogens is 366 g/mol. The number of carboxylic acid groups (broad SMARTS) is 1. The Morgan fingerprint density at radius 1 is 1.00 bits per heavy atom. The zero-order valence-electron chi connectivity index (χ0n) is 16.2. The summed E-state index contributed by atoms with van der Waals surface area (Å²) in [6, 6.07) is 21.4. The van der Waals surface area contributed by atoms with Crippen LogP contribution in [0.4, 0.5) is 0 Å². The first kappa shape index (κ1) is 19.0. The summed E-state index contributed by atoms with van der Waals surface area (Å²) in [5.41, 5.74) is 8.87. The molecule has 0 aromatic heterocycles. The second kappa shape index (κ2) is 7.60. The summed E-state index contributed by atoms with van der Waals surface area (Å²) < 4.78 is 11.5. The third-order valence-electron chi connectivity index (χ3n) is 5.45. The van der Waals surface area contributed by atoms with E-state index in [-0.39, 0.29) is 0 Å². The molecule has 3 aromatic rings. The van der Waals surface area contributed by atoms with Crippen molar-refractivity contribution < 1.29 is 19.4 Å². The van der Waals surface area contributed by atoms with Gasteiger partial charge in [-0.25, -0.2) is 0 Å². The van der Waals surface area contributed by atoms with E-state index in [0.29, 0.717) is 30.8 Å². The van der Waals surface area contributed by atoms with Crippen molar-refractivity contribution in [2.45, 2.75) is 24.8 Å². The topological polar surface area (TPSA) is 81.8 Å². The largest absolute Gasteiger partial charge is 0.497 e. The fraction of sp³-hybridized carbons (Fsp3) is 0.208. The van der Waals surface area contributed by atoms with E-state index in [1.54, 1.807) is 7.11 Å². The highest BCUT2D eigenvalue weighted by Gasteiger charge is 2.37. The number of methoxy groups -OCH3 is 1. The Bertz CT molecular complexity index is 1060. The lowest BCUT2D eigenvalue weighted by atomic mass is 9.78. The first-order chi connectivity index (χ1) is 14.0. The Morgan fingerprint density at radius 2 is 1.83 bits per heavy atom. The predicted molar refractivity (Wildman–Crippen MR) is 112 cm³/mol. The van der Waals surface area contributed by atoms with Crippen LogP contribution in [0, 0.1) is 0 Å². The van der Waals surface area contributed by atoms with Crippen molar-refractivity contribution in [1.82, 2.24) is 0 Å². The number of nitrogens with two attached hydrogens (primary N) is 1. The molecule has 3 aromatic carbocycles. The molecule has 0 spiro atoms. The Hall–Kier alpha value is -3.31. The summed E-state index contributed by atoms with van der Waals surface area (Å²) in [6.45, 7) is 0. The SMILES string of the molecule is COc1cccc(-c2ccccc2Oc2ccc3c(c2)CC(N)(C(=O)O)CC3)c1. The minimum Gasteiger partial charge on any atom is -0.497 e. The third kappa shape index (κ3) is 3.82. The van der Waals surface area contributed by atoms with Gasteiger partial charge in [-0.15, -0.1) is 0 Å². The van der Waals surface area contributed by atoms with Crippen LogP contribution in [0.5, 0.6) is 17.2 Å². The molecule has 1 unspecified atom stereocenters. The second-order valence-electron chi connectivity index (χ2n) is 7.40. The highest BCUT2D eigenvalue weighted by Crippen LogP contribution is 2.36. The average Bonchev–Trinajstić information content (AvgIpc) is 2.74. The van der Waals surface area contributed by atoms with Crippen molar-refractivity contribution in [1.29, 1.82) is 0 Å². The predicted octanol–water partition coefficient (Wildman–Crippen LogP) is 4.43. The van der Waals surface area contributed by atoms with Gasteiger partial charge in [0.15, 0.2) is 0 Å². The Balaban J connectivity index is 1.65. The number of hydrogen-bond acceptors (Lipinski definition) is 4. The minimum absolute atomic E-state index is 0.298. The van der Waals surface area contributed by atoms with E-state index in [9.17, 15) is 9.90 Å². The summed E-state index contributed by atoms with van der Waals surface area (Å²) in [5, 5.41) is 9.47. The van der Waals surface area contributed by atoms with Crippen LogP contribution >= 0.6 is 0 Å². The molecule has 0 saturated heterocycles. The number of ether oxygens (including phenoxy) is 2. The van der Waals surface area contributed by atoms with E-state index in [0.717, 1.165) is 28.0 Å². The van der Waals surface area contributed by atoms with Crippen LogP contribution in [0.1, 0.15) is 17.5 Å². The quantitative estimate of drug-likeness (QED) is 0.675. The lowest BCUT2D eigenvalue weighted by Gasteiger charge is -2.31. The molecule has 5 heteroatoms. The summed E-state index contributed by atoms with van der Waals surface area (Å²) >= 11 is 0. The molecule has 1 aliphatic carbocycles. The van der Waals surface area contributed by atoms with Crippen molar-refractivity contribution in [2.24, 2.45) is 5.73 Å². The van der Waals surface area contributed by atoms with Gasteiger partial charge in [-0.1, -0.05) is 36.4 Å². The van der Waals surface area contributed by atoms with Gasteiger partial charge in [0.2, 0.25) is 0 Å². The van der Waals surface area contributed by atoms with Crippen molar-refractivity contribution >= 4 is 5.97 Å². The highest BCUT2D eigenvalue weighted by atomic mass is 16.5. The zero-order valence-corrected chi connectivity index (χ0v) is 16.2. The number of benzene rings is 3. The molecule has 0 heterocycles. The molecule has 29 heavy (non-hydrogen) atoms. The molecule has 3 N–H and O–H groups in total. The zero-order chi connectivity index (χ0) is 20.4. The van der Waals surface area contributed by atoms with Crippen molar-refractivity contribution in [3.8, 4) is 28.4 Å². The van der Waals surface area contributed by atoms with Crippen LogP contribution < -0.4 is 15.2 Å². The lowest BCUT2D eigenvalue weighted by Crippen LogP contribution is -2.52. The summed E-state index contributed by atoms with van der Waals surface area (Å²) in [6.07, 6.45) is 1.39. The molecule has 0 fully saturated rings. The molecule has 0 saturated carbocycles. The van der Waals surface area contributed by atoms with E-state index in [4.69, 9.17) is 15.2 Å². The Morgan fingerprint density at radius 3 is 2.62 bits per heavy atom. The van der Waals surface area contributed by atoms with Crippen LogP contribution in [-0.4, -0.2) is 23.7 Å². The lowest BCUT2D eigenvalue weighted by molar-refractivity contribution is -0.143. The van der Waals surface area contributed by atoms with E-state index < -0.39 is 11.5 Å². The Kier molecular flexibility index (Phi) is 4.99. The van der Waals surface area contributed by atoms with Gasteiger partial charge in [0.1, 0.15) is 22.8 Å². The van der Waals surface area contributed by atoms with Crippen LogP contribution in [-0.2, 0) is 17.6 Å². The number of para-hydroxylation sites is 1. The maximum Gasteiger partial charge on any atom is 0.324 e. The monoisotopic (exact) mass is 389 g/mol. The van der Waals surface area contributed by atoms with Gasteiger partial charge in [-0.3, -0.25) is 4.79 Å². The van der Waals surface area contributed by atoms with Gasteiger partial charge < -0.3 is 20.3 Å². The van der Waals surface area contributed by atoms with E-state index in [1.165, 1.54) is 0 Å². The van der Waals surface area contributed by atoms with Gasteiger partial charge in [-0.2, -0.15) is 0 Å². The molecule has 0 bridgehead atoms. The van der Waals surface area contributed by atoms with Gasteiger partial charge in [0.25, 0.3) is 0 Å². The number of fused-ring (bicyclic) bond motifs is 1. The average molecular weight is 389 g/mol. The van der Waals surface area contributed by atoms with Crippen molar-refractivity contribution in [3.05, 3.63) is 77.9 Å². The molecular formula is C24H23NO4. The van der Waals surface area contributed by atoms with Gasteiger partial charge in [0.05, 0.1) is 7.11 Å². The second-order valence-corrected chi connectivity index (χ2v) is 7.40. The van der Waals surface area contributed by atoms with Crippen molar-refractivity contribution in [2.75, 3.05) is 7.11 Å². The van der Waals surface area contributed by atoms with E-state index in [2.05, 4.69) is 0 Å². The number of aryl methyl sites for hydroxylation is 1. The standard InChI is InChI=1S/C24H23NO4/c1-28-19-6-4-5-17(13-19)21-7-2-3-8-22(21)29-20-10-9-16-11-12-24(25,23(26)27)15-18(16)14-20/h2-10,13-14H,11-12,15,25H2,1H3,(H,26,27).